The van der Waals surface area contributed by atoms with Crippen molar-refractivity contribution in [3.05, 3.63) is 11.4 Å². The number of hydrogen-bond donors (Lipinski definition) is 2. The van der Waals surface area contributed by atoms with E-state index in [1.54, 1.807) is 0 Å². The molecule has 1 aliphatic carbocycles. The van der Waals surface area contributed by atoms with Crippen LogP contribution in [0.1, 0.15) is 33.6 Å². The summed E-state index contributed by atoms with van der Waals surface area (Å²) in [5.74, 6) is 1.44. The van der Waals surface area contributed by atoms with Gasteiger partial charge >= 0.3 is 6.09 Å². The van der Waals surface area contributed by atoms with Crippen LogP contribution >= 0.6 is 0 Å². The van der Waals surface area contributed by atoms with Gasteiger partial charge in [0.2, 0.25) is 0 Å². The number of rotatable bonds is 3. The van der Waals surface area contributed by atoms with E-state index in [0.29, 0.717) is 24.4 Å². The molecule has 0 radical (unpaired) electrons. The van der Waals surface area contributed by atoms with Gasteiger partial charge in [-0.1, -0.05) is 20.8 Å². The zero-order valence-corrected chi connectivity index (χ0v) is 12.6. The second-order valence-corrected chi connectivity index (χ2v) is 6.59. The number of allylic oxidation sites excluding steroid dienone is 1. The van der Waals surface area contributed by atoms with Crippen LogP contribution < -0.4 is 10.6 Å². The Labute approximate surface area is 120 Å². The third-order valence-electron chi connectivity index (χ3n) is 4.99. The van der Waals surface area contributed by atoms with Gasteiger partial charge in [-0.3, -0.25) is 0 Å². The van der Waals surface area contributed by atoms with Crippen LogP contribution in [-0.2, 0) is 4.74 Å². The largest absolute Gasteiger partial charge is 0.447 e. The van der Waals surface area contributed by atoms with Crippen molar-refractivity contribution in [2.75, 3.05) is 19.8 Å². The number of carbonyl (C=O) groups is 1. The highest BCUT2D eigenvalue weighted by atomic mass is 16.6. The SMILES string of the molecule is CC(C)[C@H]1COC(=O)N1CC1C2=C(CC[C@H]1C)NCN2. The van der Waals surface area contributed by atoms with Crippen LogP contribution in [0.5, 0.6) is 0 Å². The molecule has 2 heterocycles. The van der Waals surface area contributed by atoms with Gasteiger partial charge in [0.25, 0.3) is 0 Å². The van der Waals surface area contributed by atoms with Gasteiger partial charge in [0.15, 0.2) is 0 Å². The monoisotopic (exact) mass is 279 g/mol. The Kier molecular flexibility index (Phi) is 3.52. The molecule has 0 spiro atoms. The van der Waals surface area contributed by atoms with Crippen molar-refractivity contribution in [1.82, 2.24) is 15.5 Å². The molecule has 1 amide bonds. The minimum absolute atomic E-state index is 0.144. The lowest BCUT2D eigenvalue weighted by molar-refractivity contribution is 0.145. The fraction of sp³-hybridized carbons (Fsp3) is 0.800. The highest BCUT2D eigenvalue weighted by molar-refractivity contribution is 5.70. The molecule has 3 aliphatic rings. The van der Waals surface area contributed by atoms with Crippen LogP contribution in [0.3, 0.4) is 0 Å². The van der Waals surface area contributed by atoms with Crippen LogP contribution in [0.15, 0.2) is 11.4 Å². The number of nitrogens with one attached hydrogen (secondary N) is 2. The normalized spacial score (nSPS) is 33.1. The molecule has 20 heavy (non-hydrogen) atoms. The van der Waals surface area contributed by atoms with Gasteiger partial charge in [0, 0.05) is 23.9 Å². The maximum absolute atomic E-state index is 12.0. The molecule has 0 saturated carbocycles. The lowest BCUT2D eigenvalue weighted by Crippen LogP contribution is -2.43. The van der Waals surface area contributed by atoms with E-state index >= 15 is 0 Å². The number of nitrogens with zero attached hydrogens (tertiary/aromatic N) is 1. The van der Waals surface area contributed by atoms with Gasteiger partial charge < -0.3 is 20.3 Å². The van der Waals surface area contributed by atoms with Crippen molar-refractivity contribution in [2.24, 2.45) is 17.8 Å². The van der Waals surface area contributed by atoms with E-state index in [4.69, 9.17) is 4.74 Å². The van der Waals surface area contributed by atoms with Gasteiger partial charge in [-0.25, -0.2) is 4.79 Å². The van der Waals surface area contributed by atoms with Crippen LogP contribution in [0.2, 0.25) is 0 Å². The molecular weight excluding hydrogens is 254 g/mol. The van der Waals surface area contributed by atoms with Crippen molar-refractivity contribution in [3.8, 4) is 0 Å². The lowest BCUT2D eigenvalue weighted by Gasteiger charge is -2.35. The molecule has 0 aromatic carbocycles. The average molecular weight is 279 g/mol. The Bertz CT molecular complexity index is 433. The van der Waals surface area contributed by atoms with Gasteiger partial charge in [-0.05, 0) is 24.7 Å². The summed E-state index contributed by atoms with van der Waals surface area (Å²) in [4.78, 5) is 14.0. The quantitative estimate of drug-likeness (QED) is 0.828. The lowest BCUT2D eigenvalue weighted by atomic mass is 9.81. The Morgan fingerprint density at radius 2 is 2.20 bits per heavy atom. The fourth-order valence-corrected chi connectivity index (χ4v) is 3.59. The molecule has 3 atom stereocenters. The van der Waals surface area contributed by atoms with Crippen molar-refractivity contribution in [2.45, 2.75) is 39.7 Å². The molecule has 1 unspecified atom stereocenters. The second kappa shape index (κ2) is 5.19. The Balaban J connectivity index is 1.78. The molecule has 0 bridgehead atoms. The highest BCUT2D eigenvalue weighted by Gasteiger charge is 2.40. The number of hydrogen-bond acceptors (Lipinski definition) is 4. The zero-order chi connectivity index (χ0) is 14.3. The summed E-state index contributed by atoms with van der Waals surface area (Å²) in [6.45, 7) is 8.74. The van der Waals surface area contributed by atoms with E-state index < -0.39 is 0 Å². The first kappa shape index (κ1) is 13.6. The third-order valence-corrected chi connectivity index (χ3v) is 4.99. The summed E-state index contributed by atoms with van der Waals surface area (Å²) in [6.07, 6.45) is 2.17. The molecule has 0 aromatic rings. The molecular formula is C15H25N3O2. The molecule has 2 N–H and O–H groups in total. The van der Waals surface area contributed by atoms with Crippen molar-refractivity contribution < 1.29 is 9.53 Å². The first-order valence-electron chi connectivity index (χ1n) is 7.72. The maximum Gasteiger partial charge on any atom is 0.410 e. The predicted molar refractivity (Wildman–Crippen MR) is 76.7 cm³/mol. The minimum atomic E-state index is -0.144. The van der Waals surface area contributed by atoms with Crippen LogP contribution in [0, 0.1) is 17.8 Å². The van der Waals surface area contributed by atoms with Crippen molar-refractivity contribution >= 4 is 6.09 Å². The standard InChI is InChI=1S/C15H25N3O2/c1-9(2)13-7-20-15(19)18(13)6-11-10(3)4-5-12-14(11)17-8-16-12/h9-11,13,16-17H,4-8H2,1-3H3/t10-,11?,13-/m1/s1. The third kappa shape index (κ3) is 2.23. The average Bonchev–Trinajstić information content (AvgIpc) is 3.00. The Hall–Kier alpha value is -1.39. The van der Waals surface area contributed by atoms with Gasteiger partial charge in [-0.15, -0.1) is 0 Å². The number of amides is 1. The summed E-state index contributed by atoms with van der Waals surface area (Å²) in [7, 11) is 0. The number of ether oxygens (including phenoxy) is 1. The molecule has 0 aromatic heterocycles. The first-order chi connectivity index (χ1) is 9.58. The van der Waals surface area contributed by atoms with E-state index in [-0.39, 0.29) is 12.1 Å². The summed E-state index contributed by atoms with van der Waals surface area (Å²) in [5, 5.41) is 6.87. The van der Waals surface area contributed by atoms with Gasteiger partial charge in [0.1, 0.15) is 6.61 Å². The molecule has 112 valence electrons. The van der Waals surface area contributed by atoms with E-state index in [1.807, 2.05) is 4.90 Å². The molecule has 5 nitrogen and oxygen atoms in total. The molecule has 3 rings (SSSR count). The second-order valence-electron chi connectivity index (χ2n) is 6.59. The zero-order valence-electron chi connectivity index (χ0n) is 12.6. The molecule has 2 aliphatic heterocycles. The van der Waals surface area contributed by atoms with Crippen LogP contribution in [-0.4, -0.2) is 36.9 Å². The molecule has 5 heteroatoms. The van der Waals surface area contributed by atoms with Crippen LogP contribution in [0.25, 0.3) is 0 Å². The van der Waals surface area contributed by atoms with E-state index in [2.05, 4.69) is 31.4 Å². The Morgan fingerprint density at radius 3 is 2.95 bits per heavy atom. The summed E-state index contributed by atoms with van der Waals surface area (Å²) in [5.41, 5.74) is 2.67. The van der Waals surface area contributed by atoms with E-state index in [9.17, 15) is 4.79 Å². The predicted octanol–water partition coefficient (Wildman–Crippen LogP) is 1.87. The minimum Gasteiger partial charge on any atom is -0.447 e. The molecule has 1 fully saturated rings. The maximum atomic E-state index is 12.0. The van der Waals surface area contributed by atoms with E-state index in [1.165, 1.54) is 17.8 Å². The van der Waals surface area contributed by atoms with E-state index in [0.717, 1.165) is 19.6 Å². The highest BCUT2D eigenvalue weighted by Crippen LogP contribution is 2.35. The van der Waals surface area contributed by atoms with Gasteiger partial charge in [-0.2, -0.15) is 0 Å². The Morgan fingerprint density at radius 1 is 1.40 bits per heavy atom. The number of cyclic esters (lactones) is 1. The summed E-state index contributed by atoms with van der Waals surface area (Å²) < 4.78 is 5.26. The van der Waals surface area contributed by atoms with Gasteiger partial charge in [0.05, 0.1) is 12.7 Å². The van der Waals surface area contributed by atoms with Crippen molar-refractivity contribution in [3.63, 3.8) is 0 Å². The summed E-state index contributed by atoms with van der Waals surface area (Å²) >= 11 is 0. The number of carbonyl (C=O) groups excluding carboxylic acids is 1. The fourth-order valence-electron chi connectivity index (χ4n) is 3.59. The summed E-state index contributed by atoms with van der Waals surface area (Å²) in [6, 6.07) is 0.218. The topological polar surface area (TPSA) is 53.6 Å². The van der Waals surface area contributed by atoms with Crippen molar-refractivity contribution in [1.29, 1.82) is 0 Å². The first-order valence-corrected chi connectivity index (χ1v) is 7.72. The molecule has 1 saturated heterocycles. The van der Waals surface area contributed by atoms with Crippen LogP contribution in [0.4, 0.5) is 4.79 Å². The smallest absolute Gasteiger partial charge is 0.410 e.